The summed E-state index contributed by atoms with van der Waals surface area (Å²) < 4.78 is 40.2. The smallest absolute Gasteiger partial charge is 0.459 e. The minimum Gasteiger partial charge on any atom is -0.464 e. The molecular formula is C34H42N7O6P. The van der Waals surface area contributed by atoms with E-state index >= 15 is 0 Å². The zero-order valence-electron chi connectivity index (χ0n) is 27.8. The normalized spacial score (nSPS) is 21.5. The van der Waals surface area contributed by atoms with Crippen LogP contribution in [0.4, 0.5) is 11.8 Å². The van der Waals surface area contributed by atoms with Crippen molar-refractivity contribution in [1.82, 2.24) is 24.6 Å². The number of carbonyl (C=O) groups is 1. The fraction of sp³-hybridized carbons (Fsp3) is 0.471. The fourth-order valence-electron chi connectivity index (χ4n) is 5.63. The minimum atomic E-state index is -4.19. The van der Waals surface area contributed by atoms with Crippen LogP contribution in [0.15, 0.2) is 48.8 Å². The Morgan fingerprint density at radius 2 is 1.98 bits per heavy atom. The molecule has 254 valence electrons. The number of imidazole rings is 1. The zero-order valence-corrected chi connectivity index (χ0v) is 28.7. The lowest BCUT2D eigenvalue weighted by molar-refractivity contribution is -0.148. The van der Waals surface area contributed by atoms with Crippen molar-refractivity contribution >= 4 is 47.4 Å². The Labute approximate surface area is 280 Å². The third kappa shape index (κ3) is 7.42. The number of anilines is 2. The van der Waals surface area contributed by atoms with Gasteiger partial charge < -0.3 is 24.6 Å². The third-order valence-electron chi connectivity index (χ3n) is 8.28. The molecule has 6 rings (SSSR count). The molecule has 3 heterocycles. The number of aromatic nitrogens is 4. The number of hydrogen-bond donors (Lipinski definition) is 2. The highest BCUT2D eigenvalue weighted by molar-refractivity contribution is 7.52. The highest BCUT2D eigenvalue weighted by Gasteiger charge is 2.40. The summed E-state index contributed by atoms with van der Waals surface area (Å²) >= 11 is 0. The topological polar surface area (TPSA) is 156 Å². The zero-order chi connectivity index (χ0) is 34.2. The molecule has 4 aromatic rings. The van der Waals surface area contributed by atoms with Gasteiger partial charge in [0.05, 0.1) is 31.6 Å². The van der Waals surface area contributed by atoms with Gasteiger partial charge in [-0.05, 0) is 43.1 Å². The van der Waals surface area contributed by atoms with Crippen LogP contribution in [0.5, 0.6) is 5.75 Å². The molecule has 1 saturated heterocycles. The van der Waals surface area contributed by atoms with E-state index in [9.17, 15) is 9.36 Å². The summed E-state index contributed by atoms with van der Waals surface area (Å²) in [6.45, 7) is 7.45. The van der Waals surface area contributed by atoms with E-state index in [2.05, 4.69) is 30.9 Å². The molecule has 0 spiro atoms. The largest absolute Gasteiger partial charge is 0.464 e. The summed E-state index contributed by atoms with van der Waals surface area (Å²) in [5, 5.41) is 4.41. The minimum absolute atomic E-state index is 0.120. The summed E-state index contributed by atoms with van der Waals surface area (Å²) in [4.78, 5) is 28.5. The number of fused-ring (bicyclic) bond motifs is 2. The molecule has 2 fully saturated rings. The number of nitrogen functional groups attached to an aromatic ring is 1. The number of nitrogens with one attached hydrogen (secondary N) is 1. The average Bonchev–Trinajstić information content (AvgIpc) is 3.69. The number of esters is 1. The molecule has 13 nitrogen and oxygen atoms in total. The van der Waals surface area contributed by atoms with Gasteiger partial charge in [0, 0.05) is 18.5 Å². The van der Waals surface area contributed by atoms with Gasteiger partial charge in [-0.2, -0.15) is 15.1 Å². The first kappa shape index (κ1) is 33.7. The molecule has 3 N–H and O–H groups in total. The first-order valence-electron chi connectivity index (χ1n) is 16.0. The SMILES string of the molecule is C#C[C@H]1C[C@@H](CO[P@](=O)(N[C@@H](C)C(=O)OCC(C)(C)C)Oc2cccc3ccccc23)O[C@H]1n1cnc2c(N(C)C3CC3)nc(N)nc21. The molecule has 0 radical (unpaired) electrons. The Morgan fingerprint density at radius 1 is 1.23 bits per heavy atom. The van der Waals surface area contributed by atoms with E-state index in [0.29, 0.717) is 35.2 Å². The lowest BCUT2D eigenvalue weighted by Crippen LogP contribution is -2.37. The van der Waals surface area contributed by atoms with Gasteiger partial charge in [-0.3, -0.25) is 13.9 Å². The van der Waals surface area contributed by atoms with Crippen LogP contribution in [0.25, 0.3) is 21.9 Å². The predicted octanol–water partition coefficient (Wildman–Crippen LogP) is 5.47. The quantitative estimate of drug-likeness (QED) is 0.111. The van der Waals surface area contributed by atoms with Crippen LogP contribution in [-0.4, -0.2) is 63.9 Å². The number of nitrogens with two attached hydrogens (primary N) is 1. The fourth-order valence-corrected chi connectivity index (χ4v) is 7.17. The van der Waals surface area contributed by atoms with Crippen molar-refractivity contribution in [3.8, 4) is 18.1 Å². The standard InChI is InChI=1S/C34H42N7O6P/c1-7-22-17-25(46-31(22)41-20-36-28-29(40(6)24-15-16-24)37-33(35)38-30(28)41)18-45-48(43,39-21(2)32(42)44-19-34(3,4)5)47-27-14-10-12-23-11-8-9-13-26(23)27/h1,8-14,20-22,24-25,31H,15-19H2,2-6H3,(H,39,43)(H2,35,37,38)/t21-,22-,25-,31+,48+/m0/s1. The molecule has 0 amide bonds. The summed E-state index contributed by atoms with van der Waals surface area (Å²) in [7, 11) is -2.22. The Morgan fingerprint density at radius 3 is 2.71 bits per heavy atom. The van der Waals surface area contributed by atoms with E-state index in [1.165, 1.54) is 0 Å². The maximum atomic E-state index is 14.4. The summed E-state index contributed by atoms with van der Waals surface area (Å²) in [5.74, 6) is 2.96. The number of hydrogen-bond acceptors (Lipinski definition) is 11. The highest BCUT2D eigenvalue weighted by atomic mass is 31.2. The third-order valence-corrected chi connectivity index (χ3v) is 9.91. The van der Waals surface area contributed by atoms with Gasteiger partial charge in [0.1, 0.15) is 11.8 Å². The second-order valence-electron chi connectivity index (χ2n) is 13.6. The number of benzene rings is 2. The Bertz CT molecular complexity index is 1890. The van der Waals surface area contributed by atoms with Crippen LogP contribution in [0, 0.1) is 23.7 Å². The number of carbonyl (C=O) groups excluding carboxylic acids is 1. The first-order chi connectivity index (χ1) is 22.8. The molecule has 1 saturated carbocycles. The van der Waals surface area contributed by atoms with Crippen LogP contribution < -0.4 is 20.2 Å². The highest BCUT2D eigenvalue weighted by Crippen LogP contribution is 2.48. The van der Waals surface area contributed by atoms with E-state index in [-0.39, 0.29) is 30.5 Å². The van der Waals surface area contributed by atoms with Gasteiger partial charge in [0.15, 0.2) is 23.2 Å². The van der Waals surface area contributed by atoms with Crippen molar-refractivity contribution in [2.75, 3.05) is 30.9 Å². The van der Waals surface area contributed by atoms with Crippen LogP contribution in [0.2, 0.25) is 0 Å². The van der Waals surface area contributed by atoms with E-state index in [1.807, 2.05) is 58.2 Å². The number of nitrogens with zero attached hydrogens (tertiary/aromatic N) is 5. The maximum absolute atomic E-state index is 14.4. The van der Waals surface area contributed by atoms with Gasteiger partial charge in [-0.15, -0.1) is 6.42 Å². The van der Waals surface area contributed by atoms with Gasteiger partial charge in [-0.25, -0.2) is 9.55 Å². The molecule has 1 aliphatic heterocycles. The van der Waals surface area contributed by atoms with Crippen LogP contribution in [0.1, 0.15) is 53.2 Å². The molecule has 48 heavy (non-hydrogen) atoms. The Balaban J connectivity index is 1.22. The van der Waals surface area contributed by atoms with Crippen molar-refractivity contribution in [2.24, 2.45) is 11.3 Å². The second-order valence-corrected chi connectivity index (χ2v) is 15.3. The van der Waals surface area contributed by atoms with Gasteiger partial charge in [-0.1, -0.05) is 63.1 Å². The molecule has 0 unspecified atom stereocenters. The van der Waals surface area contributed by atoms with Crippen molar-refractivity contribution < 1.29 is 27.9 Å². The van der Waals surface area contributed by atoms with E-state index in [4.69, 9.17) is 30.7 Å². The first-order valence-corrected chi connectivity index (χ1v) is 17.6. The molecular weight excluding hydrogens is 633 g/mol. The molecule has 2 aromatic carbocycles. The second kappa shape index (κ2) is 13.4. The monoisotopic (exact) mass is 675 g/mol. The van der Waals surface area contributed by atoms with Crippen molar-refractivity contribution in [3.63, 3.8) is 0 Å². The van der Waals surface area contributed by atoms with Gasteiger partial charge >= 0.3 is 13.7 Å². The lowest BCUT2D eigenvalue weighted by Gasteiger charge is -2.25. The molecule has 14 heteroatoms. The summed E-state index contributed by atoms with van der Waals surface area (Å²) in [6.07, 6.45) is 8.94. The van der Waals surface area contributed by atoms with E-state index in [0.717, 1.165) is 23.6 Å². The molecule has 2 aliphatic rings. The van der Waals surface area contributed by atoms with E-state index < -0.39 is 32.1 Å². The average molecular weight is 676 g/mol. The van der Waals surface area contributed by atoms with Crippen molar-refractivity contribution in [2.45, 2.75) is 71.4 Å². The summed E-state index contributed by atoms with van der Waals surface area (Å²) in [6, 6.07) is 12.3. The lowest BCUT2D eigenvalue weighted by atomic mass is 9.99. The molecule has 5 atom stereocenters. The van der Waals surface area contributed by atoms with Crippen LogP contribution in [-0.2, 0) is 23.4 Å². The Hall–Kier alpha value is -4.21. The van der Waals surface area contributed by atoms with Gasteiger partial charge in [0.25, 0.3) is 0 Å². The molecule has 1 aliphatic carbocycles. The van der Waals surface area contributed by atoms with E-state index in [1.54, 1.807) is 30.0 Å². The molecule has 0 bridgehead atoms. The molecule has 2 aromatic heterocycles. The Kier molecular flexibility index (Phi) is 9.37. The number of terminal acetylenes is 1. The van der Waals surface area contributed by atoms with Crippen LogP contribution >= 0.6 is 7.75 Å². The summed E-state index contributed by atoms with van der Waals surface area (Å²) in [5.41, 5.74) is 6.98. The van der Waals surface area contributed by atoms with Crippen molar-refractivity contribution in [3.05, 3.63) is 48.8 Å². The van der Waals surface area contributed by atoms with Gasteiger partial charge in [0.2, 0.25) is 5.95 Å². The van der Waals surface area contributed by atoms with Crippen LogP contribution in [0.3, 0.4) is 0 Å². The number of rotatable bonds is 12. The number of ether oxygens (including phenoxy) is 2. The van der Waals surface area contributed by atoms with Crippen molar-refractivity contribution in [1.29, 1.82) is 0 Å². The predicted molar refractivity (Wildman–Crippen MR) is 183 cm³/mol. The maximum Gasteiger partial charge on any atom is 0.459 e.